The maximum Gasteiger partial charge on any atom is 0.225 e. The number of nitrogens with zero attached hydrogens (tertiary/aromatic N) is 5. The number of hydrogen-bond donors (Lipinski definition) is 1. The smallest absolute Gasteiger partial charge is 0.225 e. The van der Waals surface area contributed by atoms with Crippen LogP contribution in [-0.2, 0) is 14.9 Å². The summed E-state index contributed by atoms with van der Waals surface area (Å²) in [6, 6.07) is 5.42. The zero-order valence-corrected chi connectivity index (χ0v) is 24.0. The molecule has 2 aromatic rings. The Morgan fingerprint density at radius 1 is 1.31 bits per heavy atom. The number of aryl methyl sites for hydroxylation is 1. The minimum atomic E-state index is -0.214. The summed E-state index contributed by atoms with van der Waals surface area (Å²) in [5.74, 6) is 1.35. The van der Waals surface area contributed by atoms with Crippen LogP contribution in [0.3, 0.4) is 0 Å². The van der Waals surface area contributed by atoms with Gasteiger partial charge in [-0.05, 0) is 44.5 Å². The lowest BCUT2D eigenvalue weighted by Gasteiger charge is -2.21. The summed E-state index contributed by atoms with van der Waals surface area (Å²) in [6.07, 6.45) is 5.68. The van der Waals surface area contributed by atoms with Gasteiger partial charge in [-0.25, -0.2) is 9.97 Å². The fraction of sp³-hybridized carbons (Fsp3) is 0.346. The molecule has 0 saturated carbocycles. The van der Waals surface area contributed by atoms with Crippen LogP contribution in [0.15, 0.2) is 56.5 Å². The fourth-order valence-corrected chi connectivity index (χ4v) is 3.44. The molecule has 2 N–H and O–H groups in total. The standard InChI is InChI=1S/C26H32BrClN6O2/c1-16-13-31-25(26(4,5)6)33-23(16)19-8-9-21(28)22(12-19)34(15-35)18(3)32-24(17(2)27)36-14-20(29)10-11-30-7/h8-13,15H,14,29H2,1-7H3/b20-10-,24-17-,30-11?,32-18-. The van der Waals surface area contributed by atoms with Crippen molar-refractivity contribution >= 4 is 51.7 Å². The van der Waals surface area contributed by atoms with E-state index in [4.69, 9.17) is 27.1 Å². The largest absolute Gasteiger partial charge is 0.471 e. The number of nitrogens with two attached hydrogens (primary N) is 1. The number of anilines is 1. The molecular weight excluding hydrogens is 544 g/mol. The Labute approximate surface area is 226 Å². The second kappa shape index (κ2) is 12.8. The summed E-state index contributed by atoms with van der Waals surface area (Å²) < 4.78 is 6.38. The molecule has 0 aliphatic carbocycles. The van der Waals surface area contributed by atoms with Crippen LogP contribution in [-0.4, -0.2) is 42.1 Å². The average molecular weight is 576 g/mol. The Bertz CT molecular complexity index is 1230. The lowest BCUT2D eigenvalue weighted by atomic mass is 9.95. The number of amidine groups is 1. The van der Waals surface area contributed by atoms with E-state index in [0.717, 1.165) is 22.6 Å². The highest BCUT2D eigenvalue weighted by Gasteiger charge is 2.21. The monoisotopic (exact) mass is 574 g/mol. The molecule has 0 unspecified atom stereocenters. The van der Waals surface area contributed by atoms with Crippen LogP contribution in [0.2, 0.25) is 5.02 Å². The number of carbonyl (C=O) groups is 1. The van der Waals surface area contributed by atoms with Crippen LogP contribution in [0.5, 0.6) is 0 Å². The number of aliphatic imine (C=N–C) groups is 2. The lowest BCUT2D eigenvalue weighted by Crippen LogP contribution is -2.27. The number of carbonyl (C=O) groups excluding carboxylic acids is 1. The van der Waals surface area contributed by atoms with Gasteiger partial charge in [-0.15, -0.1) is 0 Å². The Balaban J connectivity index is 2.47. The van der Waals surface area contributed by atoms with Gasteiger partial charge in [0, 0.05) is 36.1 Å². The topological polar surface area (TPSA) is 106 Å². The number of allylic oxidation sites excluding steroid dienone is 2. The number of hydrogen-bond acceptors (Lipinski definition) is 7. The molecule has 0 fully saturated rings. The molecule has 0 aliphatic rings. The van der Waals surface area contributed by atoms with Crippen molar-refractivity contribution in [1.82, 2.24) is 9.97 Å². The van der Waals surface area contributed by atoms with Crippen LogP contribution < -0.4 is 10.6 Å². The molecule has 8 nitrogen and oxygen atoms in total. The summed E-state index contributed by atoms with van der Waals surface area (Å²) in [5.41, 5.74) is 9.12. The third-order valence-electron chi connectivity index (χ3n) is 4.95. The SMILES string of the molecule is CN=C/C=C(\N)COC(/N=C(/C)N(C=O)c1cc(-c2nc(C(C)(C)C)ncc2C)ccc1Cl)=C(/C)Br. The normalized spacial score (nSPS) is 13.6. The van der Waals surface area contributed by atoms with Gasteiger partial charge in [0.05, 0.1) is 20.9 Å². The van der Waals surface area contributed by atoms with E-state index in [2.05, 4.69) is 51.7 Å². The molecule has 1 amide bonds. The molecule has 0 saturated heterocycles. The van der Waals surface area contributed by atoms with Gasteiger partial charge in [-0.2, -0.15) is 4.99 Å². The van der Waals surface area contributed by atoms with Crippen LogP contribution in [0.1, 0.15) is 46.0 Å². The molecule has 1 aromatic carbocycles. The summed E-state index contributed by atoms with van der Waals surface area (Å²) in [5, 5.41) is 0.385. The van der Waals surface area contributed by atoms with E-state index >= 15 is 0 Å². The van der Waals surface area contributed by atoms with Gasteiger partial charge in [0.2, 0.25) is 12.3 Å². The molecule has 2 rings (SSSR count). The van der Waals surface area contributed by atoms with Gasteiger partial charge in [0.15, 0.2) is 0 Å². The molecule has 0 aliphatic heterocycles. The van der Waals surface area contributed by atoms with Crippen molar-refractivity contribution in [3.05, 3.63) is 62.9 Å². The zero-order valence-electron chi connectivity index (χ0n) is 21.6. The number of halogens is 2. The first-order valence-electron chi connectivity index (χ1n) is 11.2. The van der Waals surface area contributed by atoms with Gasteiger partial charge in [-0.3, -0.25) is 14.7 Å². The Morgan fingerprint density at radius 3 is 2.58 bits per heavy atom. The number of rotatable bonds is 8. The third kappa shape index (κ3) is 7.73. The van der Waals surface area contributed by atoms with Crippen LogP contribution >= 0.6 is 27.5 Å². The van der Waals surface area contributed by atoms with E-state index in [-0.39, 0.29) is 17.9 Å². The van der Waals surface area contributed by atoms with Crippen LogP contribution in [0.4, 0.5) is 5.69 Å². The molecule has 0 radical (unpaired) electrons. The first kappa shape index (κ1) is 29.2. The fourth-order valence-electron chi connectivity index (χ4n) is 3.03. The van der Waals surface area contributed by atoms with E-state index < -0.39 is 0 Å². The van der Waals surface area contributed by atoms with Crippen LogP contribution in [0, 0.1) is 6.92 Å². The summed E-state index contributed by atoms with van der Waals surface area (Å²) in [4.78, 5) is 31.2. The van der Waals surface area contributed by atoms with Gasteiger partial charge in [-0.1, -0.05) is 54.4 Å². The second-order valence-corrected chi connectivity index (χ2v) is 10.6. The van der Waals surface area contributed by atoms with Crippen molar-refractivity contribution in [2.24, 2.45) is 15.7 Å². The number of amides is 1. The number of ether oxygens (including phenoxy) is 1. The molecular formula is C26H32BrClN6O2. The van der Waals surface area contributed by atoms with E-state index in [1.807, 2.05) is 19.1 Å². The first-order valence-corrected chi connectivity index (χ1v) is 12.4. The van der Waals surface area contributed by atoms with Crippen molar-refractivity contribution in [2.45, 2.75) is 47.0 Å². The predicted molar refractivity (Wildman–Crippen MR) is 152 cm³/mol. The molecule has 10 heteroatoms. The number of aromatic nitrogens is 2. The highest BCUT2D eigenvalue weighted by Crippen LogP contribution is 2.33. The highest BCUT2D eigenvalue weighted by molar-refractivity contribution is 9.11. The van der Waals surface area contributed by atoms with Crippen molar-refractivity contribution in [2.75, 3.05) is 18.6 Å². The van der Waals surface area contributed by atoms with E-state index in [0.29, 0.717) is 33.1 Å². The summed E-state index contributed by atoms with van der Waals surface area (Å²) >= 11 is 9.92. The third-order valence-corrected chi connectivity index (χ3v) is 5.61. The van der Waals surface area contributed by atoms with Crippen molar-refractivity contribution in [1.29, 1.82) is 0 Å². The minimum absolute atomic E-state index is 0.0987. The van der Waals surface area contributed by atoms with Gasteiger partial charge < -0.3 is 10.5 Å². The maximum absolute atomic E-state index is 12.2. The van der Waals surface area contributed by atoms with E-state index in [9.17, 15) is 4.79 Å². The molecule has 192 valence electrons. The second-order valence-electron chi connectivity index (χ2n) is 9.05. The summed E-state index contributed by atoms with van der Waals surface area (Å²) in [6.45, 7) is 11.7. The van der Waals surface area contributed by atoms with Gasteiger partial charge >= 0.3 is 0 Å². The van der Waals surface area contributed by atoms with Gasteiger partial charge in [0.1, 0.15) is 18.3 Å². The summed E-state index contributed by atoms with van der Waals surface area (Å²) in [7, 11) is 1.65. The molecule has 1 heterocycles. The minimum Gasteiger partial charge on any atom is -0.471 e. The van der Waals surface area contributed by atoms with E-state index in [1.54, 1.807) is 45.4 Å². The predicted octanol–water partition coefficient (Wildman–Crippen LogP) is 5.93. The zero-order chi connectivity index (χ0) is 27.0. The van der Waals surface area contributed by atoms with Crippen LogP contribution in [0.25, 0.3) is 11.3 Å². The Morgan fingerprint density at radius 2 is 2.00 bits per heavy atom. The lowest BCUT2D eigenvalue weighted by molar-refractivity contribution is -0.106. The Kier molecular flexibility index (Phi) is 10.4. The molecule has 0 spiro atoms. The van der Waals surface area contributed by atoms with Gasteiger partial charge in [0.25, 0.3) is 0 Å². The maximum atomic E-state index is 12.2. The number of benzene rings is 1. The van der Waals surface area contributed by atoms with Crippen molar-refractivity contribution in [3.63, 3.8) is 0 Å². The van der Waals surface area contributed by atoms with Crippen molar-refractivity contribution < 1.29 is 9.53 Å². The average Bonchev–Trinajstić information content (AvgIpc) is 2.81. The molecule has 1 aromatic heterocycles. The quantitative estimate of drug-likeness (QED) is 0.182. The molecule has 36 heavy (non-hydrogen) atoms. The van der Waals surface area contributed by atoms with E-state index in [1.165, 1.54) is 4.90 Å². The molecule has 0 atom stereocenters. The highest BCUT2D eigenvalue weighted by atomic mass is 79.9. The van der Waals surface area contributed by atoms with Crippen molar-refractivity contribution in [3.8, 4) is 11.3 Å². The Hall–Kier alpha value is -3.04. The first-order chi connectivity index (χ1) is 16.9. The molecule has 0 bridgehead atoms.